The number of benzene rings is 2. The molecule has 4 nitrogen and oxygen atoms in total. The van der Waals surface area contributed by atoms with Crippen LogP contribution in [0.4, 0.5) is 14.5 Å². The van der Waals surface area contributed by atoms with E-state index in [2.05, 4.69) is 6.07 Å². The summed E-state index contributed by atoms with van der Waals surface area (Å²) in [5.74, 6) is -1.28. The second kappa shape index (κ2) is 8.34. The predicted octanol–water partition coefficient (Wildman–Crippen LogP) is 6.42. The van der Waals surface area contributed by atoms with Gasteiger partial charge in [0.2, 0.25) is 0 Å². The molecule has 7 heteroatoms. The van der Waals surface area contributed by atoms with Crippen molar-refractivity contribution in [3.8, 4) is 6.07 Å². The monoisotopic (exact) mass is 461 g/mol. The van der Waals surface area contributed by atoms with Crippen LogP contribution in [0.5, 0.6) is 0 Å². The second-order valence-electron chi connectivity index (χ2n) is 8.00. The standard InChI is InChI=1S/C26H18ClF2N3O/c27-20-14-18(9-10-21(20)29)32-22-7-4-8-23(33)25(22)24(16-5-3-6-17(28)13-16)19(15-30)26(32)31-11-1-2-12-31/h1-3,5-6,9-14,24H,4,7-8H2. The molecule has 1 atom stereocenters. The molecule has 0 bridgehead atoms. The molecule has 1 unspecified atom stereocenters. The average Bonchev–Trinajstić information content (AvgIpc) is 3.34. The summed E-state index contributed by atoms with van der Waals surface area (Å²) in [5, 5.41) is 10.3. The van der Waals surface area contributed by atoms with Gasteiger partial charge in [0.25, 0.3) is 0 Å². The molecule has 1 aliphatic carbocycles. The molecule has 164 valence electrons. The molecular formula is C26H18ClF2N3O. The largest absolute Gasteiger partial charge is 0.309 e. The molecule has 2 heterocycles. The number of allylic oxidation sites excluding steroid dienone is 3. The Labute approximate surface area is 194 Å². The van der Waals surface area contributed by atoms with Crippen molar-refractivity contribution in [1.29, 1.82) is 5.26 Å². The first kappa shape index (κ1) is 21.2. The Morgan fingerprint density at radius 3 is 2.52 bits per heavy atom. The van der Waals surface area contributed by atoms with Gasteiger partial charge in [-0.15, -0.1) is 0 Å². The van der Waals surface area contributed by atoms with Crippen molar-refractivity contribution in [2.75, 3.05) is 4.90 Å². The lowest BCUT2D eigenvalue weighted by Crippen LogP contribution is -2.36. The van der Waals surface area contributed by atoms with Gasteiger partial charge in [0.1, 0.15) is 17.5 Å². The number of halogens is 3. The number of Topliss-reactive ketones (excluding diaryl/α,β-unsaturated/α-hetero) is 1. The molecule has 0 radical (unpaired) electrons. The van der Waals surface area contributed by atoms with Crippen molar-refractivity contribution in [3.63, 3.8) is 0 Å². The van der Waals surface area contributed by atoms with E-state index in [1.807, 2.05) is 17.0 Å². The van der Waals surface area contributed by atoms with Crippen LogP contribution in [0.25, 0.3) is 5.82 Å². The molecule has 2 aromatic carbocycles. The fourth-order valence-corrected chi connectivity index (χ4v) is 4.87. The Bertz CT molecular complexity index is 1370. The summed E-state index contributed by atoms with van der Waals surface area (Å²) in [4.78, 5) is 15.1. The topological polar surface area (TPSA) is 49.0 Å². The van der Waals surface area contributed by atoms with Gasteiger partial charge in [-0.05, 0) is 60.9 Å². The summed E-state index contributed by atoms with van der Waals surface area (Å²) in [6, 6.07) is 16.3. The van der Waals surface area contributed by atoms with Crippen molar-refractivity contribution in [2.45, 2.75) is 25.2 Å². The predicted molar refractivity (Wildman–Crippen MR) is 122 cm³/mol. The molecule has 33 heavy (non-hydrogen) atoms. The van der Waals surface area contributed by atoms with E-state index in [1.54, 1.807) is 35.2 Å². The molecule has 0 spiro atoms. The molecule has 0 saturated heterocycles. The van der Waals surface area contributed by atoms with E-state index in [4.69, 9.17) is 11.6 Å². The Hall–Kier alpha value is -3.69. The summed E-state index contributed by atoms with van der Waals surface area (Å²) in [6.45, 7) is 0. The Morgan fingerprint density at radius 2 is 1.82 bits per heavy atom. The third-order valence-corrected chi connectivity index (χ3v) is 6.33. The SMILES string of the molecule is N#CC1=C(n2cccc2)N(c2ccc(F)c(Cl)c2)C2=C(C(=O)CCC2)C1c1cccc(F)c1. The Morgan fingerprint density at radius 1 is 1.03 bits per heavy atom. The van der Waals surface area contributed by atoms with E-state index in [0.717, 1.165) is 0 Å². The smallest absolute Gasteiger partial charge is 0.161 e. The number of hydrogen-bond donors (Lipinski definition) is 0. The molecule has 0 amide bonds. The van der Waals surface area contributed by atoms with Crippen molar-refractivity contribution in [1.82, 2.24) is 4.57 Å². The summed E-state index contributed by atoms with van der Waals surface area (Å²) >= 11 is 6.11. The third-order valence-electron chi connectivity index (χ3n) is 6.04. The van der Waals surface area contributed by atoms with Gasteiger partial charge in [-0.1, -0.05) is 23.7 Å². The fourth-order valence-electron chi connectivity index (χ4n) is 4.69. The lowest BCUT2D eigenvalue weighted by atomic mass is 9.75. The lowest BCUT2D eigenvalue weighted by molar-refractivity contribution is -0.116. The summed E-state index contributed by atoms with van der Waals surface area (Å²) < 4.78 is 30.0. The lowest BCUT2D eigenvalue weighted by Gasteiger charge is -2.41. The first-order valence-corrected chi connectivity index (χ1v) is 10.9. The highest BCUT2D eigenvalue weighted by atomic mass is 35.5. The van der Waals surface area contributed by atoms with Crippen molar-refractivity contribution in [3.05, 3.63) is 106 Å². The molecule has 1 aliphatic heterocycles. The minimum absolute atomic E-state index is 0.0607. The van der Waals surface area contributed by atoms with Crippen LogP contribution < -0.4 is 4.90 Å². The van der Waals surface area contributed by atoms with Gasteiger partial charge in [0.15, 0.2) is 5.78 Å². The van der Waals surface area contributed by atoms with Crippen molar-refractivity contribution >= 4 is 28.9 Å². The number of carbonyl (C=O) groups is 1. The Kier molecular flexibility index (Phi) is 5.35. The van der Waals surface area contributed by atoms with Gasteiger partial charge in [0, 0.05) is 35.8 Å². The van der Waals surface area contributed by atoms with Gasteiger partial charge < -0.3 is 4.57 Å². The van der Waals surface area contributed by atoms with Crippen molar-refractivity contribution < 1.29 is 13.6 Å². The van der Waals surface area contributed by atoms with Crippen LogP contribution in [0.1, 0.15) is 30.7 Å². The average molecular weight is 462 g/mol. The number of carbonyl (C=O) groups excluding carboxylic acids is 1. The van der Waals surface area contributed by atoms with Crippen molar-refractivity contribution in [2.24, 2.45) is 0 Å². The molecule has 0 N–H and O–H groups in total. The number of rotatable bonds is 3. The summed E-state index contributed by atoms with van der Waals surface area (Å²) in [5.41, 5.74) is 2.56. The van der Waals surface area contributed by atoms with Gasteiger partial charge >= 0.3 is 0 Å². The van der Waals surface area contributed by atoms with Crippen LogP contribution in [0.2, 0.25) is 5.02 Å². The zero-order valence-electron chi connectivity index (χ0n) is 17.4. The van der Waals surface area contributed by atoms with Gasteiger partial charge in [0.05, 0.1) is 22.6 Å². The maximum atomic E-state index is 14.2. The maximum absolute atomic E-state index is 14.2. The van der Waals surface area contributed by atoms with Gasteiger partial charge in [-0.25, -0.2) is 8.78 Å². The first-order chi connectivity index (χ1) is 16.0. The highest BCUT2D eigenvalue weighted by Crippen LogP contribution is 2.49. The van der Waals surface area contributed by atoms with Gasteiger partial charge in [-0.2, -0.15) is 5.26 Å². The van der Waals surface area contributed by atoms with E-state index >= 15 is 0 Å². The molecular weight excluding hydrogens is 444 g/mol. The van der Waals surface area contributed by atoms with Crippen LogP contribution >= 0.6 is 11.6 Å². The molecule has 2 aliphatic rings. The number of anilines is 1. The minimum atomic E-state index is -0.710. The van der Waals surface area contributed by atoms with E-state index in [1.165, 1.54) is 24.3 Å². The van der Waals surface area contributed by atoms with Crippen LogP contribution in [0, 0.1) is 23.0 Å². The number of nitriles is 1. The fraction of sp³-hybridized carbons (Fsp3) is 0.154. The normalized spacial score (nSPS) is 18.4. The quantitative estimate of drug-likeness (QED) is 0.452. The number of nitrogens with zero attached hydrogens (tertiary/aromatic N) is 3. The van der Waals surface area contributed by atoms with E-state index in [-0.39, 0.29) is 10.8 Å². The van der Waals surface area contributed by atoms with Crippen LogP contribution in [-0.4, -0.2) is 10.4 Å². The zero-order valence-corrected chi connectivity index (χ0v) is 18.2. The van der Waals surface area contributed by atoms with E-state index in [0.29, 0.717) is 53.2 Å². The van der Waals surface area contributed by atoms with Crippen LogP contribution in [0.15, 0.2) is 83.8 Å². The van der Waals surface area contributed by atoms with Crippen LogP contribution in [-0.2, 0) is 4.79 Å². The van der Waals surface area contributed by atoms with E-state index < -0.39 is 17.6 Å². The number of hydrogen-bond acceptors (Lipinski definition) is 3. The molecule has 0 saturated carbocycles. The maximum Gasteiger partial charge on any atom is 0.161 e. The second-order valence-corrected chi connectivity index (χ2v) is 8.41. The highest BCUT2D eigenvalue weighted by molar-refractivity contribution is 6.31. The third kappa shape index (κ3) is 3.55. The molecule has 5 rings (SSSR count). The number of aromatic nitrogens is 1. The first-order valence-electron chi connectivity index (χ1n) is 10.5. The van der Waals surface area contributed by atoms with E-state index in [9.17, 15) is 18.8 Å². The van der Waals surface area contributed by atoms with Crippen LogP contribution in [0.3, 0.4) is 0 Å². The number of ketones is 1. The highest BCUT2D eigenvalue weighted by Gasteiger charge is 2.41. The molecule has 0 fully saturated rings. The molecule has 1 aromatic heterocycles. The zero-order chi connectivity index (χ0) is 23.1. The molecule has 3 aromatic rings. The summed E-state index contributed by atoms with van der Waals surface area (Å²) in [7, 11) is 0. The summed E-state index contributed by atoms with van der Waals surface area (Å²) in [6.07, 6.45) is 5.15. The minimum Gasteiger partial charge on any atom is -0.309 e. The van der Waals surface area contributed by atoms with Gasteiger partial charge in [-0.3, -0.25) is 9.69 Å². The Balaban J connectivity index is 1.85.